The van der Waals surface area contributed by atoms with Gasteiger partial charge in [-0.25, -0.2) is 4.57 Å². The SMILES string of the molecule is CCCCCCCCCCCCCCOCCCSCC(COP(=O)(O)O)OC. The van der Waals surface area contributed by atoms with Crippen LogP contribution < -0.4 is 0 Å². The van der Waals surface area contributed by atoms with E-state index in [1.807, 2.05) is 0 Å². The van der Waals surface area contributed by atoms with E-state index in [4.69, 9.17) is 19.3 Å². The van der Waals surface area contributed by atoms with E-state index in [9.17, 15) is 4.57 Å². The first-order chi connectivity index (χ1) is 14.0. The molecule has 1 unspecified atom stereocenters. The molecule has 0 bridgehead atoms. The monoisotopic (exact) mass is 456 g/mol. The number of phosphoric acid groups is 1. The number of phosphoric ester groups is 1. The first kappa shape index (κ1) is 29.4. The van der Waals surface area contributed by atoms with E-state index in [2.05, 4.69) is 11.4 Å². The fraction of sp³-hybridized carbons (Fsp3) is 1.00. The third-order valence-electron chi connectivity index (χ3n) is 4.79. The summed E-state index contributed by atoms with van der Waals surface area (Å²) in [5.41, 5.74) is 0. The summed E-state index contributed by atoms with van der Waals surface area (Å²) in [6.07, 6.45) is 16.9. The summed E-state index contributed by atoms with van der Waals surface area (Å²) in [7, 11) is -2.90. The molecule has 0 aliphatic rings. The molecule has 0 aliphatic carbocycles. The van der Waals surface area contributed by atoms with Gasteiger partial charge in [0.15, 0.2) is 0 Å². The van der Waals surface area contributed by atoms with Crippen LogP contribution in [0.25, 0.3) is 0 Å². The molecule has 2 N–H and O–H groups in total. The van der Waals surface area contributed by atoms with Gasteiger partial charge in [0, 0.05) is 26.1 Å². The zero-order valence-corrected chi connectivity index (χ0v) is 20.4. The molecule has 6 nitrogen and oxygen atoms in total. The fourth-order valence-corrected chi connectivity index (χ4v) is 4.33. The van der Waals surface area contributed by atoms with E-state index in [0.29, 0.717) is 5.75 Å². The Labute approximate surface area is 183 Å². The highest BCUT2D eigenvalue weighted by atomic mass is 32.2. The largest absolute Gasteiger partial charge is 0.469 e. The van der Waals surface area contributed by atoms with Gasteiger partial charge in [0.1, 0.15) is 0 Å². The molecule has 0 saturated heterocycles. The van der Waals surface area contributed by atoms with Crippen molar-refractivity contribution in [3.63, 3.8) is 0 Å². The Kier molecular flexibility index (Phi) is 21.9. The highest BCUT2D eigenvalue weighted by Gasteiger charge is 2.17. The number of methoxy groups -OCH3 is 1. The van der Waals surface area contributed by atoms with Crippen LogP contribution in [0.2, 0.25) is 0 Å². The smallest absolute Gasteiger partial charge is 0.381 e. The van der Waals surface area contributed by atoms with E-state index < -0.39 is 7.82 Å². The van der Waals surface area contributed by atoms with Crippen molar-refractivity contribution in [1.29, 1.82) is 0 Å². The van der Waals surface area contributed by atoms with E-state index in [0.717, 1.165) is 31.8 Å². The van der Waals surface area contributed by atoms with Crippen LogP contribution in [0.3, 0.4) is 0 Å². The minimum atomic E-state index is -4.42. The van der Waals surface area contributed by atoms with Crippen molar-refractivity contribution in [2.24, 2.45) is 0 Å². The summed E-state index contributed by atoms with van der Waals surface area (Å²) in [5, 5.41) is 0. The molecular formula is C21H45O6PS. The van der Waals surface area contributed by atoms with Gasteiger partial charge >= 0.3 is 7.82 Å². The van der Waals surface area contributed by atoms with Crippen LogP contribution in [-0.4, -0.2) is 54.3 Å². The van der Waals surface area contributed by atoms with E-state index in [1.54, 1.807) is 11.8 Å². The minimum Gasteiger partial charge on any atom is -0.381 e. The number of hydrogen-bond acceptors (Lipinski definition) is 5. The Balaban J connectivity index is 3.22. The van der Waals surface area contributed by atoms with Crippen LogP contribution in [0.15, 0.2) is 0 Å². The van der Waals surface area contributed by atoms with Crippen LogP contribution >= 0.6 is 19.6 Å². The summed E-state index contributed by atoms with van der Waals surface area (Å²) >= 11 is 1.69. The van der Waals surface area contributed by atoms with Gasteiger partial charge in [-0.1, -0.05) is 77.6 Å². The van der Waals surface area contributed by atoms with Crippen molar-refractivity contribution in [3.05, 3.63) is 0 Å². The van der Waals surface area contributed by atoms with Crippen LogP contribution in [0.4, 0.5) is 0 Å². The quantitative estimate of drug-likeness (QED) is 0.145. The maximum absolute atomic E-state index is 10.7. The normalized spacial score (nSPS) is 13.1. The lowest BCUT2D eigenvalue weighted by Gasteiger charge is -2.15. The first-order valence-corrected chi connectivity index (χ1v) is 14.1. The second-order valence-corrected chi connectivity index (χ2v) is 9.96. The molecular weight excluding hydrogens is 411 g/mol. The number of ether oxygens (including phenoxy) is 2. The van der Waals surface area contributed by atoms with Crippen molar-refractivity contribution < 1.29 is 28.3 Å². The average molecular weight is 457 g/mol. The lowest BCUT2D eigenvalue weighted by molar-refractivity contribution is 0.0605. The molecule has 176 valence electrons. The lowest BCUT2D eigenvalue weighted by atomic mass is 10.1. The molecule has 0 spiro atoms. The van der Waals surface area contributed by atoms with Crippen LogP contribution in [0.1, 0.15) is 90.4 Å². The zero-order valence-electron chi connectivity index (χ0n) is 18.7. The van der Waals surface area contributed by atoms with Gasteiger partial charge < -0.3 is 19.3 Å². The highest BCUT2D eigenvalue weighted by molar-refractivity contribution is 7.99. The summed E-state index contributed by atoms with van der Waals surface area (Å²) in [6, 6.07) is 0. The van der Waals surface area contributed by atoms with Crippen molar-refractivity contribution >= 4 is 19.6 Å². The molecule has 8 heteroatoms. The topological polar surface area (TPSA) is 85.2 Å². The van der Waals surface area contributed by atoms with Crippen LogP contribution in [0, 0.1) is 0 Å². The first-order valence-electron chi connectivity index (χ1n) is 11.4. The molecule has 0 radical (unpaired) electrons. The minimum absolute atomic E-state index is 0.0940. The molecule has 0 aliphatic heterocycles. The number of rotatable bonds is 23. The Morgan fingerprint density at radius 2 is 1.34 bits per heavy atom. The average Bonchev–Trinajstić information content (AvgIpc) is 2.68. The number of hydrogen-bond donors (Lipinski definition) is 2. The third kappa shape index (κ3) is 24.5. The summed E-state index contributed by atoms with van der Waals surface area (Å²) < 4.78 is 26.0. The molecule has 0 amide bonds. The van der Waals surface area contributed by atoms with Gasteiger partial charge in [-0.3, -0.25) is 4.52 Å². The highest BCUT2D eigenvalue weighted by Crippen LogP contribution is 2.36. The Morgan fingerprint density at radius 3 is 1.86 bits per heavy atom. The van der Waals surface area contributed by atoms with Gasteiger partial charge in [-0.15, -0.1) is 0 Å². The zero-order chi connectivity index (χ0) is 21.6. The lowest BCUT2D eigenvalue weighted by Crippen LogP contribution is -2.20. The van der Waals surface area contributed by atoms with Gasteiger partial charge in [0.2, 0.25) is 0 Å². The van der Waals surface area contributed by atoms with Gasteiger partial charge in [0.25, 0.3) is 0 Å². The molecule has 1 atom stereocenters. The molecule has 0 aromatic heterocycles. The van der Waals surface area contributed by atoms with Crippen molar-refractivity contribution in [2.75, 3.05) is 38.4 Å². The van der Waals surface area contributed by atoms with Crippen molar-refractivity contribution in [2.45, 2.75) is 96.5 Å². The predicted molar refractivity (Wildman–Crippen MR) is 123 cm³/mol. The molecule has 0 saturated carbocycles. The summed E-state index contributed by atoms with van der Waals surface area (Å²) in [6.45, 7) is 3.78. The molecule has 0 fully saturated rings. The predicted octanol–water partition coefficient (Wildman–Crippen LogP) is 5.95. The molecule has 0 aromatic carbocycles. The van der Waals surface area contributed by atoms with Gasteiger partial charge in [-0.05, 0) is 18.6 Å². The maximum Gasteiger partial charge on any atom is 0.469 e. The Bertz CT molecular complexity index is 380. The maximum atomic E-state index is 10.7. The standard InChI is InChI=1S/C21H45O6PS/c1-3-4-5-6-7-8-9-10-11-12-13-14-16-26-17-15-18-29-20-21(25-2)19-27-28(22,23)24/h21H,3-20H2,1-2H3,(H2,22,23,24). The summed E-state index contributed by atoms with van der Waals surface area (Å²) in [5.74, 6) is 1.59. The molecule has 0 aromatic rings. The molecule has 0 heterocycles. The Hall–Kier alpha value is 0.380. The van der Waals surface area contributed by atoms with Crippen molar-refractivity contribution in [3.8, 4) is 0 Å². The number of unbranched alkanes of at least 4 members (excludes halogenated alkanes) is 11. The summed E-state index contributed by atoms with van der Waals surface area (Å²) in [4.78, 5) is 17.4. The molecule has 0 rings (SSSR count). The van der Waals surface area contributed by atoms with Gasteiger partial charge in [-0.2, -0.15) is 11.8 Å². The van der Waals surface area contributed by atoms with Crippen molar-refractivity contribution in [1.82, 2.24) is 0 Å². The Morgan fingerprint density at radius 1 is 0.828 bits per heavy atom. The van der Waals surface area contributed by atoms with E-state index in [-0.39, 0.29) is 12.7 Å². The van der Waals surface area contributed by atoms with Crippen LogP contribution in [0.5, 0.6) is 0 Å². The van der Waals surface area contributed by atoms with Crippen LogP contribution in [-0.2, 0) is 18.6 Å². The molecule has 29 heavy (non-hydrogen) atoms. The second-order valence-electron chi connectivity index (χ2n) is 7.57. The second kappa shape index (κ2) is 21.6. The fourth-order valence-electron chi connectivity index (χ4n) is 2.99. The van der Waals surface area contributed by atoms with E-state index >= 15 is 0 Å². The third-order valence-corrected chi connectivity index (χ3v) is 6.46. The van der Waals surface area contributed by atoms with Gasteiger partial charge in [0.05, 0.1) is 12.7 Å². The van der Waals surface area contributed by atoms with E-state index in [1.165, 1.54) is 77.7 Å². The number of thioether (sulfide) groups is 1.